The van der Waals surface area contributed by atoms with Crippen LogP contribution in [-0.2, 0) is 14.3 Å². The number of nitrogens with one attached hydrogen (secondary N) is 1. The Hall–Kier alpha value is -1.32. The number of ether oxygens (including phenoxy) is 1. The number of hydrogen-bond acceptors (Lipinski definition) is 3. The molecule has 4 heteroatoms. The number of esters is 1. The minimum Gasteiger partial charge on any atom is -0.467 e. The third-order valence-electron chi connectivity index (χ3n) is 2.50. The summed E-state index contributed by atoms with van der Waals surface area (Å²) in [5.74, 6) is -0.306. The molecule has 0 aromatic heterocycles. The molecule has 1 atom stereocenters. The Balaban J connectivity index is 4.26. The molecule has 0 saturated heterocycles. The largest absolute Gasteiger partial charge is 0.467 e. The van der Waals surface area contributed by atoms with Crippen molar-refractivity contribution in [3.8, 4) is 0 Å². The van der Waals surface area contributed by atoms with Crippen LogP contribution in [-0.4, -0.2) is 25.0 Å². The van der Waals surface area contributed by atoms with Gasteiger partial charge in [0, 0.05) is 0 Å². The summed E-state index contributed by atoms with van der Waals surface area (Å²) in [6.07, 6.45) is 6.97. The Morgan fingerprint density at radius 1 is 1.33 bits per heavy atom. The number of methoxy groups -OCH3 is 1. The van der Waals surface area contributed by atoms with Gasteiger partial charge in [0.1, 0.15) is 6.04 Å². The molecule has 0 fully saturated rings. The van der Waals surface area contributed by atoms with E-state index >= 15 is 0 Å². The molecule has 0 aromatic carbocycles. The van der Waals surface area contributed by atoms with E-state index in [9.17, 15) is 9.59 Å². The highest BCUT2D eigenvalue weighted by atomic mass is 16.5. The maximum absolute atomic E-state index is 11.6. The van der Waals surface area contributed by atoms with Gasteiger partial charge >= 0.3 is 5.97 Å². The van der Waals surface area contributed by atoms with Gasteiger partial charge in [0.15, 0.2) is 0 Å². The minimum absolute atomic E-state index is 0.234. The average molecular weight is 255 g/mol. The molecule has 0 aliphatic carbocycles. The number of carbonyl (C=O) groups is 2. The molecular formula is C14H25NO3. The maximum atomic E-state index is 11.6. The van der Waals surface area contributed by atoms with E-state index in [1.165, 1.54) is 13.2 Å². The van der Waals surface area contributed by atoms with Crippen LogP contribution in [0.3, 0.4) is 0 Å². The Morgan fingerprint density at radius 3 is 2.50 bits per heavy atom. The second-order valence-corrected chi connectivity index (χ2v) is 4.76. The molecule has 0 rings (SSSR count). The van der Waals surface area contributed by atoms with Crippen molar-refractivity contribution in [3.05, 3.63) is 12.2 Å². The third kappa shape index (κ3) is 7.87. The molecule has 4 nitrogen and oxygen atoms in total. The van der Waals surface area contributed by atoms with Crippen LogP contribution in [0.5, 0.6) is 0 Å². The van der Waals surface area contributed by atoms with Gasteiger partial charge < -0.3 is 10.1 Å². The van der Waals surface area contributed by atoms with Gasteiger partial charge in [-0.3, -0.25) is 4.79 Å². The summed E-state index contributed by atoms with van der Waals surface area (Å²) in [6, 6.07) is -0.557. The number of unbranched alkanes of at least 4 members (excludes halogenated alkanes) is 2. The van der Waals surface area contributed by atoms with Crippen molar-refractivity contribution < 1.29 is 14.3 Å². The lowest BCUT2D eigenvalue weighted by Crippen LogP contribution is -2.41. The smallest absolute Gasteiger partial charge is 0.328 e. The molecule has 1 amide bonds. The Bertz CT molecular complexity index is 285. The van der Waals surface area contributed by atoms with Crippen LogP contribution in [0.1, 0.15) is 46.5 Å². The molecule has 0 unspecified atom stereocenters. The van der Waals surface area contributed by atoms with E-state index in [2.05, 4.69) is 17.0 Å². The van der Waals surface area contributed by atoms with E-state index in [0.717, 1.165) is 19.3 Å². The van der Waals surface area contributed by atoms with Gasteiger partial charge in [-0.2, -0.15) is 0 Å². The number of amides is 1. The third-order valence-corrected chi connectivity index (χ3v) is 2.50. The van der Waals surface area contributed by atoms with E-state index in [4.69, 9.17) is 0 Å². The summed E-state index contributed by atoms with van der Waals surface area (Å²) in [7, 11) is 1.33. The monoisotopic (exact) mass is 255 g/mol. The fraction of sp³-hybridized carbons (Fsp3) is 0.714. The van der Waals surface area contributed by atoms with Gasteiger partial charge in [0.2, 0.25) is 5.91 Å². The number of hydrogen-bond donors (Lipinski definition) is 1. The first-order chi connectivity index (χ1) is 8.51. The summed E-state index contributed by atoms with van der Waals surface area (Å²) in [4.78, 5) is 23.1. The molecule has 104 valence electrons. The first-order valence-corrected chi connectivity index (χ1v) is 6.56. The van der Waals surface area contributed by atoms with E-state index in [-0.39, 0.29) is 11.9 Å². The predicted molar refractivity (Wildman–Crippen MR) is 72.1 cm³/mol. The van der Waals surface area contributed by atoms with E-state index in [1.54, 1.807) is 0 Å². The topological polar surface area (TPSA) is 55.4 Å². The van der Waals surface area contributed by atoms with Crippen molar-refractivity contribution >= 4 is 11.9 Å². The number of rotatable bonds is 8. The lowest BCUT2D eigenvalue weighted by molar-refractivity contribution is -0.145. The molecule has 0 radical (unpaired) electrons. The summed E-state index contributed by atoms with van der Waals surface area (Å²) in [5, 5.41) is 2.68. The van der Waals surface area contributed by atoms with E-state index in [1.807, 2.05) is 19.9 Å². The van der Waals surface area contributed by atoms with Gasteiger partial charge in [-0.25, -0.2) is 4.79 Å². The van der Waals surface area contributed by atoms with Crippen LogP contribution >= 0.6 is 0 Å². The average Bonchev–Trinajstić information content (AvgIpc) is 2.32. The van der Waals surface area contributed by atoms with Gasteiger partial charge in [0.05, 0.1) is 7.11 Å². The predicted octanol–water partition coefficient (Wildman–Crippen LogP) is 2.44. The van der Waals surface area contributed by atoms with Gasteiger partial charge in [-0.15, -0.1) is 0 Å². The zero-order valence-electron chi connectivity index (χ0n) is 11.9. The molecule has 0 aromatic rings. The zero-order valence-corrected chi connectivity index (χ0v) is 11.9. The second-order valence-electron chi connectivity index (χ2n) is 4.76. The Labute approximate surface area is 110 Å². The van der Waals surface area contributed by atoms with Crippen LogP contribution in [0.15, 0.2) is 12.2 Å². The van der Waals surface area contributed by atoms with Crippen molar-refractivity contribution in [1.29, 1.82) is 0 Å². The van der Waals surface area contributed by atoms with Crippen molar-refractivity contribution in [2.24, 2.45) is 5.92 Å². The summed E-state index contributed by atoms with van der Waals surface area (Å²) >= 11 is 0. The summed E-state index contributed by atoms with van der Waals surface area (Å²) < 4.78 is 4.68. The van der Waals surface area contributed by atoms with Crippen molar-refractivity contribution in [2.45, 2.75) is 52.5 Å². The van der Waals surface area contributed by atoms with Gasteiger partial charge in [-0.1, -0.05) is 39.7 Å². The molecular weight excluding hydrogens is 230 g/mol. The highest BCUT2D eigenvalue weighted by Crippen LogP contribution is 2.06. The fourth-order valence-electron chi connectivity index (χ4n) is 1.56. The van der Waals surface area contributed by atoms with Crippen LogP contribution in [0.2, 0.25) is 0 Å². The summed E-state index contributed by atoms with van der Waals surface area (Å²) in [5.41, 5.74) is 0. The van der Waals surface area contributed by atoms with Gasteiger partial charge in [-0.05, 0) is 24.8 Å². The van der Waals surface area contributed by atoms with Crippen molar-refractivity contribution in [2.75, 3.05) is 7.11 Å². The van der Waals surface area contributed by atoms with E-state index < -0.39 is 6.04 Å². The van der Waals surface area contributed by atoms with E-state index in [0.29, 0.717) is 12.3 Å². The lowest BCUT2D eigenvalue weighted by atomic mass is 10.0. The SMILES string of the molecule is CCCC/C=C/C(=O)N[C@@H](CC(C)C)C(=O)OC. The molecule has 0 heterocycles. The maximum Gasteiger partial charge on any atom is 0.328 e. The number of allylic oxidation sites excluding steroid dienone is 1. The molecule has 0 aliphatic rings. The number of carbonyl (C=O) groups excluding carboxylic acids is 2. The van der Waals surface area contributed by atoms with Crippen molar-refractivity contribution in [1.82, 2.24) is 5.32 Å². The molecule has 0 saturated carbocycles. The van der Waals surface area contributed by atoms with Crippen LogP contribution < -0.4 is 5.32 Å². The van der Waals surface area contributed by atoms with Crippen LogP contribution in [0, 0.1) is 5.92 Å². The Kier molecular flexibility index (Phi) is 8.97. The Morgan fingerprint density at radius 2 is 2.00 bits per heavy atom. The fourth-order valence-corrected chi connectivity index (χ4v) is 1.56. The zero-order chi connectivity index (χ0) is 14.0. The summed E-state index contributed by atoms with van der Waals surface area (Å²) in [6.45, 7) is 6.10. The normalized spacial score (nSPS) is 12.7. The first-order valence-electron chi connectivity index (χ1n) is 6.56. The molecule has 0 spiro atoms. The molecule has 0 bridgehead atoms. The second kappa shape index (κ2) is 9.68. The van der Waals surface area contributed by atoms with Gasteiger partial charge in [0.25, 0.3) is 0 Å². The molecule has 1 N–H and O–H groups in total. The lowest BCUT2D eigenvalue weighted by Gasteiger charge is -2.17. The first kappa shape index (κ1) is 16.7. The highest BCUT2D eigenvalue weighted by Gasteiger charge is 2.21. The minimum atomic E-state index is -0.557. The van der Waals surface area contributed by atoms with Crippen molar-refractivity contribution in [3.63, 3.8) is 0 Å². The quantitative estimate of drug-likeness (QED) is 0.412. The highest BCUT2D eigenvalue weighted by molar-refractivity contribution is 5.91. The standard InChI is InChI=1S/C14H25NO3/c1-5-6-7-8-9-13(16)15-12(10-11(2)3)14(17)18-4/h8-9,11-12H,5-7,10H2,1-4H3,(H,15,16)/b9-8+/t12-/m0/s1. The van der Waals surface area contributed by atoms with Crippen LogP contribution in [0.4, 0.5) is 0 Å². The van der Waals surface area contributed by atoms with Crippen LogP contribution in [0.25, 0.3) is 0 Å². The molecule has 0 aliphatic heterocycles. The molecule has 18 heavy (non-hydrogen) atoms.